The second-order valence-corrected chi connectivity index (χ2v) is 5.51. The van der Waals surface area contributed by atoms with Gasteiger partial charge in [0.25, 0.3) is 0 Å². The number of alkyl halides is 3. The fraction of sp³-hybridized carbons (Fsp3) is 0.714. The first-order chi connectivity index (χ1) is 9.72. The van der Waals surface area contributed by atoms with Gasteiger partial charge in [-0.1, -0.05) is 13.8 Å². The number of aromatic nitrogens is 2. The van der Waals surface area contributed by atoms with Gasteiger partial charge in [-0.15, -0.1) is 0 Å². The standard InChI is InChI=1S/C14H23F3N4/c1-5-18-11-8-12(19-10(4)7-6-9(2)3)21-13(20-11)14(15,16)17/h8-10H,5-7H2,1-4H3,(H2,18,19,20,21). The Hall–Kier alpha value is -1.53. The van der Waals surface area contributed by atoms with Gasteiger partial charge in [0.1, 0.15) is 11.6 Å². The second kappa shape index (κ2) is 7.47. The molecule has 7 heteroatoms. The Morgan fingerprint density at radius 3 is 2.24 bits per heavy atom. The third kappa shape index (κ3) is 6.18. The average Bonchev–Trinajstić information content (AvgIpc) is 2.35. The largest absolute Gasteiger partial charge is 0.451 e. The molecule has 0 radical (unpaired) electrons. The summed E-state index contributed by atoms with van der Waals surface area (Å²) in [6.07, 6.45) is -2.67. The van der Waals surface area contributed by atoms with Crippen LogP contribution in [-0.2, 0) is 6.18 Å². The Balaban J connectivity index is 2.87. The van der Waals surface area contributed by atoms with Crippen molar-refractivity contribution < 1.29 is 13.2 Å². The summed E-state index contributed by atoms with van der Waals surface area (Å²) < 4.78 is 38.4. The minimum atomic E-state index is -4.55. The molecule has 21 heavy (non-hydrogen) atoms. The van der Waals surface area contributed by atoms with Gasteiger partial charge < -0.3 is 10.6 Å². The van der Waals surface area contributed by atoms with Crippen LogP contribution in [0.25, 0.3) is 0 Å². The van der Waals surface area contributed by atoms with E-state index in [1.807, 2.05) is 6.92 Å². The molecule has 0 saturated heterocycles. The molecule has 1 rings (SSSR count). The molecular formula is C14H23F3N4. The highest BCUT2D eigenvalue weighted by Crippen LogP contribution is 2.28. The molecular weight excluding hydrogens is 281 g/mol. The predicted molar refractivity (Wildman–Crippen MR) is 78.4 cm³/mol. The van der Waals surface area contributed by atoms with E-state index < -0.39 is 12.0 Å². The molecule has 4 nitrogen and oxygen atoms in total. The first kappa shape index (κ1) is 17.5. The molecule has 1 aromatic heterocycles. The van der Waals surface area contributed by atoms with E-state index in [2.05, 4.69) is 34.4 Å². The number of nitrogens with zero attached hydrogens (tertiary/aromatic N) is 2. The Morgan fingerprint density at radius 1 is 1.10 bits per heavy atom. The van der Waals surface area contributed by atoms with Crippen LogP contribution in [-0.4, -0.2) is 22.6 Å². The summed E-state index contributed by atoms with van der Waals surface area (Å²) in [7, 11) is 0. The molecule has 1 heterocycles. The second-order valence-electron chi connectivity index (χ2n) is 5.51. The number of rotatable bonds is 7. The molecule has 0 amide bonds. The smallest absolute Gasteiger partial charge is 0.370 e. The fourth-order valence-corrected chi connectivity index (χ4v) is 1.83. The van der Waals surface area contributed by atoms with Gasteiger partial charge >= 0.3 is 6.18 Å². The Kier molecular flexibility index (Phi) is 6.23. The summed E-state index contributed by atoms with van der Waals surface area (Å²) in [4.78, 5) is 7.06. The van der Waals surface area contributed by atoms with E-state index in [9.17, 15) is 13.2 Å². The first-order valence-corrected chi connectivity index (χ1v) is 7.19. The van der Waals surface area contributed by atoms with Crippen LogP contribution in [0.15, 0.2) is 6.07 Å². The highest BCUT2D eigenvalue weighted by atomic mass is 19.4. The third-order valence-corrected chi connectivity index (χ3v) is 2.91. The van der Waals surface area contributed by atoms with E-state index >= 15 is 0 Å². The van der Waals surface area contributed by atoms with Crippen molar-refractivity contribution in [1.82, 2.24) is 9.97 Å². The normalized spacial score (nSPS) is 13.3. The highest BCUT2D eigenvalue weighted by molar-refractivity contribution is 5.48. The monoisotopic (exact) mass is 304 g/mol. The van der Waals surface area contributed by atoms with E-state index in [-0.39, 0.29) is 17.7 Å². The SMILES string of the molecule is CCNc1cc(NC(C)CCC(C)C)nc(C(F)(F)F)n1. The molecule has 0 saturated carbocycles. The van der Waals surface area contributed by atoms with Crippen molar-refractivity contribution in [2.24, 2.45) is 5.92 Å². The Bertz CT molecular complexity index is 446. The van der Waals surface area contributed by atoms with Crippen molar-refractivity contribution in [2.75, 3.05) is 17.2 Å². The Labute approximate surface area is 123 Å². The predicted octanol–water partition coefficient (Wildman–Crippen LogP) is 4.16. The lowest BCUT2D eigenvalue weighted by molar-refractivity contribution is -0.144. The van der Waals surface area contributed by atoms with Crippen LogP contribution in [0, 0.1) is 5.92 Å². The summed E-state index contributed by atoms with van der Waals surface area (Å²) in [5, 5.41) is 5.81. The lowest BCUT2D eigenvalue weighted by Gasteiger charge is -2.17. The molecule has 1 atom stereocenters. The van der Waals surface area contributed by atoms with Gasteiger partial charge in [-0.05, 0) is 32.6 Å². The van der Waals surface area contributed by atoms with Crippen molar-refractivity contribution in [3.8, 4) is 0 Å². The molecule has 1 unspecified atom stereocenters. The summed E-state index contributed by atoms with van der Waals surface area (Å²) in [5.74, 6) is -0.190. The molecule has 2 N–H and O–H groups in total. The number of hydrogen-bond donors (Lipinski definition) is 2. The summed E-state index contributed by atoms with van der Waals surface area (Å²) in [6, 6.07) is 1.56. The summed E-state index contributed by atoms with van der Waals surface area (Å²) in [6.45, 7) is 8.46. The van der Waals surface area contributed by atoms with Crippen molar-refractivity contribution in [3.63, 3.8) is 0 Å². The third-order valence-electron chi connectivity index (χ3n) is 2.91. The van der Waals surface area contributed by atoms with Crippen LogP contribution in [0.2, 0.25) is 0 Å². The van der Waals surface area contributed by atoms with Crippen molar-refractivity contribution in [3.05, 3.63) is 11.9 Å². The van der Waals surface area contributed by atoms with Gasteiger partial charge in [0.15, 0.2) is 0 Å². The topological polar surface area (TPSA) is 49.8 Å². The van der Waals surface area contributed by atoms with Gasteiger partial charge in [-0.25, -0.2) is 9.97 Å². The first-order valence-electron chi connectivity index (χ1n) is 7.19. The van der Waals surface area contributed by atoms with Crippen LogP contribution in [0.5, 0.6) is 0 Å². The quantitative estimate of drug-likeness (QED) is 0.794. The van der Waals surface area contributed by atoms with Gasteiger partial charge in [0, 0.05) is 18.7 Å². The maximum atomic E-state index is 12.8. The molecule has 0 aliphatic heterocycles. The highest BCUT2D eigenvalue weighted by Gasteiger charge is 2.35. The molecule has 0 aromatic carbocycles. The molecule has 120 valence electrons. The van der Waals surface area contributed by atoms with Gasteiger partial charge in [-0.2, -0.15) is 13.2 Å². The molecule has 0 spiro atoms. The minimum Gasteiger partial charge on any atom is -0.370 e. The zero-order valence-electron chi connectivity index (χ0n) is 12.9. The van der Waals surface area contributed by atoms with Crippen LogP contribution in [0.4, 0.5) is 24.8 Å². The average molecular weight is 304 g/mol. The van der Waals surface area contributed by atoms with E-state index in [1.165, 1.54) is 6.07 Å². The minimum absolute atomic E-state index is 0.0536. The lowest BCUT2D eigenvalue weighted by Crippen LogP contribution is -2.20. The van der Waals surface area contributed by atoms with Gasteiger partial charge in [0.05, 0.1) is 0 Å². The van der Waals surface area contributed by atoms with Crippen LogP contribution < -0.4 is 10.6 Å². The molecule has 0 aliphatic carbocycles. The number of hydrogen-bond acceptors (Lipinski definition) is 4. The van der Waals surface area contributed by atoms with Crippen LogP contribution in [0.1, 0.15) is 46.4 Å². The fourth-order valence-electron chi connectivity index (χ4n) is 1.83. The van der Waals surface area contributed by atoms with Crippen molar-refractivity contribution >= 4 is 11.6 Å². The zero-order chi connectivity index (χ0) is 16.0. The van der Waals surface area contributed by atoms with Crippen LogP contribution >= 0.6 is 0 Å². The zero-order valence-corrected chi connectivity index (χ0v) is 12.9. The summed E-state index contributed by atoms with van der Waals surface area (Å²) >= 11 is 0. The van der Waals surface area contributed by atoms with E-state index in [1.54, 1.807) is 6.92 Å². The van der Waals surface area contributed by atoms with Crippen molar-refractivity contribution in [1.29, 1.82) is 0 Å². The lowest BCUT2D eigenvalue weighted by atomic mass is 10.0. The van der Waals surface area contributed by atoms with Crippen LogP contribution in [0.3, 0.4) is 0 Å². The van der Waals surface area contributed by atoms with E-state index in [4.69, 9.17) is 0 Å². The van der Waals surface area contributed by atoms with Gasteiger partial charge in [0.2, 0.25) is 5.82 Å². The number of halogens is 3. The van der Waals surface area contributed by atoms with Gasteiger partial charge in [-0.3, -0.25) is 0 Å². The van der Waals surface area contributed by atoms with E-state index in [0.29, 0.717) is 12.5 Å². The molecule has 0 aliphatic rings. The van der Waals surface area contributed by atoms with E-state index in [0.717, 1.165) is 12.8 Å². The molecule has 0 fully saturated rings. The number of nitrogens with one attached hydrogen (secondary N) is 2. The maximum Gasteiger partial charge on any atom is 0.451 e. The number of anilines is 2. The molecule has 1 aromatic rings. The maximum absolute atomic E-state index is 12.8. The molecule has 0 bridgehead atoms. The summed E-state index contributed by atoms with van der Waals surface area (Å²) in [5.41, 5.74) is 0. The van der Waals surface area contributed by atoms with Crippen molar-refractivity contribution in [2.45, 2.75) is 52.8 Å². The Morgan fingerprint density at radius 2 is 1.71 bits per heavy atom.